The van der Waals surface area contributed by atoms with Crippen molar-refractivity contribution >= 4 is 0 Å². The number of aliphatic hydroxyl groups is 1. The van der Waals surface area contributed by atoms with Gasteiger partial charge >= 0.3 is 0 Å². The molecule has 0 saturated heterocycles. The third-order valence-electron chi connectivity index (χ3n) is 4.52. The van der Waals surface area contributed by atoms with Gasteiger partial charge in [-0.3, -0.25) is 0 Å². The lowest BCUT2D eigenvalue weighted by atomic mass is 9.65. The zero-order valence-corrected chi connectivity index (χ0v) is 11.1. The van der Waals surface area contributed by atoms with Gasteiger partial charge in [-0.05, 0) is 37.7 Å². The molecule has 0 aromatic heterocycles. The van der Waals surface area contributed by atoms with Crippen LogP contribution in [0.3, 0.4) is 0 Å². The fourth-order valence-electron chi connectivity index (χ4n) is 2.88. The molecule has 2 nitrogen and oxygen atoms in total. The van der Waals surface area contributed by atoms with Crippen molar-refractivity contribution < 1.29 is 9.84 Å². The van der Waals surface area contributed by atoms with E-state index in [0.29, 0.717) is 5.92 Å². The Kier molecular flexibility index (Phi) is 2.71. The summed E-state index contributed by atoms with van der Waals surface area (Å²) in [5.74, 6) is 0.395. The number of hydrogen-bond donors (Lipinski definition) is 1. The molecular formula is C14H24O2. The van der Waals surface area contributed by atoms with Gasteiger partial charge in [0.2, 0.25) is 0 Å². The van der Waals surface area contributed by atoms with Crippen LogP contribution in [0.5, 0.6) is 0 Å². The lowest BCUT2D eigenvalue weighted by Crippen LogP contribution is -2.52. The minimum atomic E-state index is -0.360. The van der Waals surface area contributed by atoms with Gasteiger partial charge in [-0.15, -0.1) is 0 Å². The quantitative estimate of drug-likeness (QED) is 0.641. The molecule has 0 amide bonds. The average Bonchev–Trinajstić information content (AvgIpc) is 2.18. The Morgan fingerprint density at radius 2 is 1.88 bits per heavy atom. The van der Waals surface area contributed by atoms with Crippen molar-refractivity contribution in [1.82, 2.24) is 0 Å². The summed E-state index contributed by atoms with van der Waals surface area (Å²) in [6.45, 7) is 10.7. The standard InChI is InChI=1S/C14H24O2/c1-9-8-11-12(15)13(3,4)6-7-14(11,5)16-10(9)2/h8-10,12,15H,6-7H2,1-5H3. The molecule has 1 saturated carbocycles. The number of ether oxygens (including phenoxy) is 1. The first kappa shape index (κ1) is 12.1. The molecule has 2 heteroatoms. The normalized spacial score (nSPS) is 47.1. The molecule has 1 N–H and O–H groups in total. The fourth-order valence-corrected chi connectivity index (χ4v) is 2.88. The molecule has 1 aliphatic heterocycles. The van der Waals surface area contributed by atoms with Crippen LogP contribution >= 0.6 is 0 Å². The molecule has 1 aliphatic carbocycles. The van der Waals surface area contributed by atoms with Gasteiger partial charge in [0, 0.05) is 5.92 Å². The van der Waals surface area contributed by atoms with E-state index >= 15 is 0 Å². The Bertz CT molecular complexity index is 319. The molecular weight excluding hydrogens is 200 g/mol. The zero-order chi connectivity index (χ0) is 12.1. The van der Waals surface area contributed by atoms with Gasteiger partial charge in [0.15, 0.2) is 0 Å². The van der Waals surface area contributed by atoms with Crippen LogP contribution in [-0.2, 0) is 4.74 Å². The smallest absolute Gasteiger partial charge is 0.0892 e. The van der Waals surface area contributed by atoms with Crippen molar-refractivity contribution in [3.8, 4) is 0 Å². The van der Waals surface area contributed by atoms with E-state index in [9.17, 15) is 5.11 Å². The topological polar surface area (TPSA) is 29.5 Å². The summed E-state index contributed by atoms with van der Waals surface area (Å²) in [7, 11) is 0. The summed E-state index contributed by atoms with van der Waals surface area (Å²) in [6.07, 6.45) is 4.16. The highest BCUT2D eigenvalue weighted by Gasteiger charge is 2.48. The first-order valence-corrected chi connectivity index (χ1v) is 6.34. The maximum atomic E-state index is 10.5. The second kappa shape index (κ2) is 3.58. The van der Waals surface area contributed by atoms with Crippen molar-refractivity contribution in [3.63, 3.8) is 0 Å². The van der Waals surface area contributed by atoms with Gasteiger partial charge in [-0.25, -0.2) is 0 Å². The van der Waals surface area contributed by atoms with Gasteiger partial charge in [0.1, 0.15) is 0 Å². The Morgan fingerprint density at radius 3 is 2.50 bits per heavy atom. The average molecular weight is 224 g/mol. The van der Waals surface area contributed by atoms with Crippen molar-refractivity contribution in [1.29, 1.82) is 0 Å². The molecule has 4 unspecified atom stereocenters. The molecule has 4 atom stereocenters. The predicted molar refractivity (Wildman–Crippen MR) is 65.2 cm³/mol. The molecule has 16 heavy (non-hydrogen) atoms. The van der Waals surface area contributed by atoms with Crippen LogP contribution in [0.25, 0.3) is 0 Å². The van der Waals surface area contributed by atoms with Crippen molar-refractivity contribution in [2.24, 2.45) is 11.3 Å². The van der Waals surface area contributed by atoms with Crippen LogP contribution in [-0.4, -0.2) is 22.9 Å². The Hall–Kier alpha value is -0.340. The number of hydrogen-bond acceptors (Lipinski definition) is 2. The van der Waals surface area contributed by atoms with Crippen molar-refractivity contribution in [3.05, 3.63) is 11.6 Å². The summed E-state index contributed by atoms with van der Waals surface area (Å²) in [5, 5.41) is 10.5. The monoisotopic (exact) mass is 224 g/mol. The van der Waals surface area contributed by atoms with Crippen molar-refractivity contribution in [2.75, 3.05) is 0 Å². The van der Waals surface area contributed by atoms with E-state index in [2.05, 4.69) is 40.7 Å². The number of fused-ring (bicyclic) bond motifs is 1. The van der Waals surface area contributed by atoms with E-state index in [1.54, 1.807) is 0 Å². The fraction of sp³-hybridized carbons (Fsp3) is 0.857. The van der Waals surface area contributed by atoms with Crippen LogP contribution in [0.2, 0.25) is 0 Å². The van der Waals surface area contributed by atoms with Crippen LogP contribution in [0.4, 0.5) is 0 Å². The van der Waals surface area contributed by atoms with Crippen molar-refractivity contribution in [2.45, 2.75) is 65.3 Å². The number of aliphatic hydroxyl groups excluding tert-OH is 1. The minimum absolute atomic E-state index is 0.0188. The zero-order valence-electron chi connectivity index (χ0n) is 11.1. The summed E-state index contributed by atoms with van der Waals surface area (Å²) in [6, 6.07) is 0. The Morgan fingerprint density at radius 1 is 1.25 bits per heavy atom. The molecule has 92 valence electrons. The molecule has 0 aromatic carbocycles. The highest BCUT2D eigenvalue weighted by Crippen LogP contribution is 2.48. The lowest BCUT2D eigenvalue weighted by molar-refractivity contribution is -0.124. The minimum Gasteiger partial charge on any atom is -0.388 e. The van der Waals surface area contributed by atoms with Gasteiger partial charge in [-0.1, -0.05) is 26.8 Å². The van der Waals surface area contributed by atoms with E-state index < -0.39 is 0 Å². The molecule has 0 bridgehead atoms. The van der Waals surface area contributed by atoms with E-state index in [-0.39, 0.29) is 23.2 Å². The Labute approximate surface area is 98.7 Å². The van der Waals surface area contributed by atoms with Gasteiger partial charge < -0.3 is 9.84 Å². The highest BCUT2D eigenvalue weighted by molar-refractivity contribution is 5.29. The third-order valence-corrected chi connectivity index (χ3v) is 4.52. The van der Waals surface area contributed by atoms with E-state index in [1.165, 1.54) is 0 Å². The first-order chi connectivity index (χ1) is 7.26. The molecule has 0 spiro atoms. The molecule has 2 rings (SSSR count). The maximum absolute atomic E-state index is 10.5. The number of rotatable bonds is 0. The first-order valence-electron chi connectivity index (χ1n) is 6.34. The largest absolute Gasteiger partial charge is 0.388 e. The van der Waals surface area contributed by atoms with Crippen LogP contribution in [0.15, 0.2) is 11.6 Å². The maximum Gasteiger partial charge on any atom is 0.0892 e. The second-order valence-corrected chi connectivity index (χ2v) is 6.43. The Balaban J connectivity index is 2.38. The van der Waals surface area contributed by atoms with E-state index in [1.807, 2.05) is 0 Å². The molecule has 0 radical (unpaired) electrons. The van der Waals surface area contributed by atoms with E-state index in [4.69, 9.17) is 4.74 Å². The van der Waals surface area contributed by atoms with Crippen LogP contribution < -0.4 is 0 Å². The van der Waals surface area contributed by atoms with E-state index in [0.717, 1.165) is 18.4 Å². The second-order valence-electron chi connectivity index (χ2n) is 6.43. The molecule has 1 heterocycles. The highest BCUT2D eigenvalue weighted by atomic mass is 16.5. The predicted octanol–water partition coefficient (Wildman–Crippen LogP) is 2.91. The van der Waals surface area contributed by atoms with Crippen LogP contribution in [0, 0.1) is 11.3 Å². The van der Waals surface area contributed by atoms with Crippen LogP contribution in [0.1, 0.15) is 47.5 Å². The van der Waals surface area contributed by atoms with Gasteiger partial charge in [-0.2, -0.15) is 0 Å². The summed E-state index contributed by atoms with van der Waals surface area (Å²) in [4.78, 5) is 0. The third kappa shape index (κ3) is 1.72. The summed E-state index contributed by atoms with van der Waals surface area (Å²) in [5.41, 5.74) is 0.852. The molecule has 1 fully saturated rings. The summed E-state index contributed by atoms with van der Waals surface area (Å²) < 4.78 is 6.13. The van der Waals surface area contributed by atoms with Gasteiger partial charge in [0.05, 0.1) is 17.8 Å². The SMILES string of the molecule is CC1C=C2C(O)C(C)(C)CCC2(C)OC1C. The van der Waals surface area contributed by atoms with Gasteiger partial charge in [0.25, 0.3) is 0 Å². The molecule has 0 aromatic rings. The molecule has 2 aliphatic rings. The lowest BCUT2D eigenvalue weighted by Gasteiger charge is -2.51. The summed E-state index contributed by atoms with van der Waals surface area (Å²) >= 11 is 0.